The first-order valence-electron chi connectivity index (χ1n) is 8.84. The van der Waals surface area contributed by atoms with Gasteiger partial charge in [0.2, 0.25) is 0 Å². The molecule has 0 radical (unpaired) electrons. The van der Waals surface area contributed by atoms with Gasteiger partial charge in [0.15, 0.2) is 0 Å². The minimum absolute atomic E-state index is 0.0649. The lowest BCUT2D eigenvalue weighted by Crippen LogP contribution is -2.10. The van der Waals surface area contributed by atoms with Crippen LogP contribution in [0.5, 0.6) is 5.75 Å². The maximum Gasteiger partial charge on any atom is 0.417 e. The van der Waals surface area contributed by atoms with Crippen LogP contribution in [0.2, 0.25) is 0 Å². The van der Waals surface area contributed by atoms with Crippen molar-refractivity contribution < 1.29 is 17.9 Å². The summed E-state index contributed by atoms with van der Waals surface area (Å²) in [6.07, 6.45) is -4.66. The van der Waals surface area contributed by atoms with Crippen molar-refractivity contribution in [3.8, 4) is 23.1 Å². The molecule has 3 rings (SSSR count). The summed E-state index contributed by atoms with van der Waals surface area (Å²) in [5.41, 5.74) is 0.186. The van der Waals surface area contributed by atoms with E-state index in [0.29, 0.717) is 23.7 Å². The Bertz CT molecular complexity index is 1010. The number of benzene rings is 2. The van der Waals surface area contributed by atoms with Gasteiger partial charge in [0.05, 0.1) is 23.4 Å². The fraction of sp³-hybridized carbons (Fsp3) is 0.182. The SMILES string of the molecule is CCOc1ccc(-c2cc(C(F)(F)F)c(C#N)c(SCc3ccccc3)n2)cc1. The summed E-state index contributed by atoms with van der Waals surface area (Å²) in [5.74, 6) is 1.03. The van der Waals surface area contributed by atoms with Crippen molar-refractivity contribution in [3.63, 3.8) is 0 Å². The molecule has 0 unspecified atom stereocenters. The van der Waals surface area contributed by atoms with E-state index in [2.05, 4.69) is 4.98 Å². The molecule has 0 fully saturated rings. The van der Waals surface area contributed by atoms with Crippen molar-refractivity contribution in [3.05, 3.63) is 77.4 Å². The predicted molar refractivity (Wildman–Crippen MR) is 107 cm³/mol. The van der Waals surface area contributed by atoms with Gasteiger partial charge in [-0.05, 0) is 42.8 Å². The minimum atomic E-state index is -4.66. The molecule has 0 aliphatic heterocycles. The Morgan fingerprint density at radius 2 is 1.76 bits per heavy atom. The first-order valence-corrected chi connectivity index (χ1v) is 9.83. The Balaban J connectivity index is 2.03. The highest BCUT2D eigenvalue weighted by Gasteiger charge is 2.36. The lowest BCUT2D eigenvalue weighted by atomic mass is 10.1. The molecule has 29 heavy (non-hydrogen) atoms. The number of nitrogens with zero attached hydrogens (tertiary/aromatic N) is 2. The van der Waals surface area contributed by atoms with Crippen molar-refractivity contribution in [2.45, 2.75) is 23.9 Å². The molecular weight excluding hydrogens is 397 g/mol. The van der Waals surface area contributed by atoms with E-state index in [1.807, 2.05) is 37.3 Å². The van der Waals surface area contributed by atoms with Gasteiger partial charge in [0, 0.05) is 11.3 Å². The molecule has 3 nitrogen and oxygen atoms in total. The highest BCUT2D eigenvalue weighted by atomic mass is 32.2. The van der Waals surface area contributed by atoms with Crippen molar-refractivity contribution >= 4 is 11.8 Å². The average Bonchev–Trinajstić information content (AvgIpc) is 2.72. The van der Waals surface area contributed by atoms with E-state index < -0.39 is 17.3 Å². The van der Waals surface area contributed by atoms with E-state index in [4.69, 9.17) is 4.74 Å². The number of halogens is 3. The molecule has 3 aromatic rings. The van der Waals surface area contributed by atoms with Crippen LogP contribution >= 0.6 is 11.8 Å². The molecule has 1 heterocycles. The predicted octanol–water partition coefficient (Wildman–Crippen LogP) is 6.33. The van der Waals surface area contributed by atoms with E-state index in [9.17, 15) is 18.4 Å². The normalized spacial score (nSPS) is 11.1. The molecule has 0 saturated carbocycles. The Morgan fingerprint density at radius 1 is 1.07 bits per heavy atom. The van der Waals surface area contributed by atoms with Crippen LogP contribution in [0, 0.1) is 11.3 Å². The lowest BCUT2D eigenvalue weighted by molar-refractivity contribution is -0.138. The quantitative estimate of drug-likeness (QED) is 0.442. The molecule has 1 aromatic heterocycles. The van der Waals surface area contributed by atoms with Crippen LogP contribution in [0.4, 0.5) is 13.2 Å². The second-order valence-corrected chi connectivity index (χ2v) is 7.04. The van der Waals surface area contributed by atoms with Crippen LogP contribution in [0.25, 0.3) is 11.3 Å². The van der Waals surface area contributed by atoms with Crippen LogP contribution in [0.3, 0.4) is 0 Å². The molecule has 0 amide bonds. The zero-order valence-corrected chi connectivity index (χ0v) is 16.3. The maximum atomic E-state index is 13.6. The standard InChI is InChI=1S/C22H17F3N2OS/c1-2-28-17-10-8-16(9-11-17)20-12-19(22(23,24)25)18(13-26)21(27-20)29-14-15-6-4-3-5-7-15/h3-12H,2,14H2,1H3. The molecule has 148 valence electrons. The Labute approximate surface area is 171 Å². The van der Waals surface area contributed by atoms with Gasteiger partial charge in [0.25, 0.3) is 0 Å². The first-order chi connectivity index (χ1) is 13.9. The Morgan fingerprint density at radius 3 is 2.34 bits per heavy atom. The van der Waals surface area contributed by atoms with Crippen molar-refractivity contribution in [2.75, 3.05) is 6.61 Å². The Kier molecular flexibility index (Phi) is 6.45. The average molecular weight is 414 g/mol. The number of aromatic nitrogens is 1. The lowest BCUT2D eigenvalue weighted by Gasteiger charge is -2.14. The second kappa shape index (κ2) is 9.01. The monoisotopic (exact) mass is 414 g/mol. The third kappa shape index (κ3) is 5.09. The number of pyridine rings is 1. The molecule has 0 saturated heterocycles. The molecular formula is C22H17F3N2OS. The van der Waals surface area contributed by atoms with E-state index in [1.54, 1.807) is 30.3 Å². The number of hydrogen-bond acceptors (Lipinski definition) is 4. The summed E-state index contributed by atoms with van der Waals surface area (Å²) in [4.78, 5) is 4.38. The van der Waals surface area contributed by atoms with Crippen LogP contribution in [-0.4, -0.2) is 11.6 Å². The second-order valence-electron chi connectivity index (χ2n) is 6.08. The van der Waals surface area contributed by atoms with Gasteiger partial charge < -0.3 is 4.74 Å². The van der Waals surface area contributed by atoms with Crippen molar-refractivity contribution in [2.24, 2.45) is 0 Å². The van der Waals surface area contributed by atoms with Gasteiger partial charge in [-0.3, -0.25) is 0 Å². The van der Waals surface area contributed by atoms with Crippen molar-refractivity contribution in [1.29, 1.82) is 5.26 Å². The fourth-order valence-corrected chi connectivity index (χ4v) is 3.68. The van der Waals surface area contributed by atoms with E-state index in [1.165, 1.54) is 0 Å². The number of ether oxygens (including phenoxy) is 1. The molecule has 0 atom stereocenters. The van der Waals surface area contributed by atoms with Crippen LogP contribution in [-0.2, 0) is 11.9 Å². The summed E-state index contributed by atoms with van der Waals surface area (Å²) < 4.78 is 46.3. The summed E-state index contributed by atoms with van der Waals surface area (Å²) >= 11 is 1.12. The smallest absolute Gasteiger partial charge is 0.417 e. The van der Waals surface area contributed by atoms with Gasteiger partial charge in [-0.15, -0.1) is 11.8 Å². The number of rotatable bonds is 6. The Hall–Kier alpha value is -2.98. The summed E-state index contributed by atoms with van der Waals surface area (Å²) in [6, 6.07) is 18.6. The summed E-state index contributed by atoms with van der Waals surface area (Å²) in [7, 11) is 0. The van der Waals surface area contributed by atoms with Crippen LogP contribution in [0.15, 0.2) is 65.7 Å². The zero-order valence-electron chi connectivity index (χ0n) is 15.5. The van der Waals surface area contributed by atoms with Gasteiger partial charge in [-0.1, -0.05) is 30.3 Å². The number of thioether (sulfide) groups is 1. The van der Waals surface area contributed by atoms with Gasteiger partial charge in [-0.2, -0.15) is 18.4 Å². The first kappa shape index (κ1) is 20.7. The molecule has 0 N–H and O–H groups in total. The van der Waals surface area contributed by atoms with Gasteiger partial charge in [0.1, 0.15) is 16.8 Å². The fourth-order valence-electron chi connectivity index (χ4n) is 2.72. The van der Waals surface area contributed by atoms with Crippen LogP contribution < -0.4 is 4.74 Å². The largest absolute Gasteiger partial charge is 0.494 e. The summed E-state index contributed by atoms with van der Waals surface area (Å²) in [5, 5.41) is 9.46. The highest BCUT2D eigenvalue weighted by molar-refractivity contribution is 7.98. The summed E-state index contributed by atoms with van der Waals surface area (Å²) in [6.45, 7) is 2.34. The topological polar surface area (TPSA) is 45.9 Å². The molecule has 0 spiro atoms. The third-order valence-electron chi connectivity index (χ3n) is 4.08. The zero-order chi connectivity index (χ0) is 20.9. The molecule has 0 aliphatic carbocycles. The number of hydrogen-bond donors (Lipinski definition) is 0. The molecule has 0 aliphatic rings. The van der Waals surface area contributed by atoms with Crippen molar-refractivity contribution in [1.82, 2.24) is 4.98 Å². The molecule has 0 bridgehead atoms. The number of alkyl halides is 3. The van der Waals surface area contributed by atoms with E-state index >= 15 is 0 Å². The highest BCUT2D eigenvalue weighted by Crippen LogP contribution is 2.38. The third-order valence-corrected chi connectivity index (χ3v) is 5.13. The molecule has 2 aromatic carbocycles. The van der Waals surface area contributed by atoms with Crippen LogP contribution in [0.1, 0.15) is 23.6 Å². The van der Waals surface area contributed by atoms with Gasteiger partial charge >= 0.3 is 6.18 Å². The maximum absolute atomic E-state index is 13.6. The number of nitriles is 1. The van der Waals surface area contributed by atoms with E-state index in [-0.39, 0.29) is 10.7 Å². The van der Waals surface area contributed by atoms with E-state index in [0.717, 1.165) is 23.4 Å². The molecule has 7 heteroatoms. The minimum Gasteiger partial charge on any atom is -0.494 e. The van der Waals surface area contributed by atoms with Gasteiger partial charge in [-0.25, -0.2) is 4.98 Å².